The zero-order valence-corrected chi connectivity index (χ0v) is 12.7. The molecule has 0 heterocycles. The molecule has 18 heavy (non-hydrogen) atoms. The van der Waals surface area contributed by atoms with Crippen molar-refractivity contribution in [1.82, 2.24) is 10.2 Å². The first-order valence-corrected chi connectivity index (χ1v) is 7.68. The predicted molar refractivity (Wildman–Crippen MR) is 77.8 cm³/mol. The minimum Gasteiger partial charge on any atom is -0.394 e. The number of hydrogen-bond donors (Lipinski definition) is 2. The van der Waals surface area contributed by atoms with Gasteiger partial charge in [0.2, 0.25) is 0 Å². The summed E-state index contributed by atoms with van der Waals surface area (Å²) in [6.07, 6.45) is 4.92. The Kier molecular flexibility index (Phi) is 6.61. The molecule has 0 aromatic heterocycles. The van der Waals surface area contributed by atoms with Gasteiger partial charge in [0.1, 0.15) is 0 Å². The van der Waals surface area contributed by atoms with Crippen LogP contribution in [-0.2, 0) is 0 Å². The lowest BCUT2D eigenvalue weighted by atomic mass is 9.92. The SMILES string of the molecule is CCCN(CCC)CC(CO)(NC(C)C)C1CC1. The maximum atomic E-state index is 9.93. The first kappa shape index (κ1) is 15.9. The Morgan fingerprint density at radius 3 is 2.11 bits per heavy atom. The van der Waals surface area contributed by atoms with Crippen LogP contribution in [0.15, 0.2) is 0 Å². The van der Waals surface area contributed by atoms with Crippen LogP contribution >= 0.6 is 0 Å². The molecular weight excluding hydrogens is 224 g/mol. The van der Waals surface area contributed by atoms with Crippen molar-refractivity contribution >= 4 is 0 Å². The Bertz CT molecular complexity index is 223. The molecule has 0 saturated heterocycles. The van der Waals surface area contributed by atoms with Gasteiger partial charge in [0.25, 0.3) is 0 Å². The van der Waals surface area contributed by atoms with E-state index in [-0.39, 0.29) is 12.1 Å². The second-order valence-corrected chi connectivity index (χ2v) is 6.16. The molecule has 0 aromatic carbocycles. The van der Waals surface area contributed by atoms with Gasteiger partial charge in [-0.2, -0.15) is 0 Å². The number of rotatable bonds is 10. The van der Waals surface area contributed by atoms with Crippen LogP contribution in [0.4, 0.5) is 0 Å². The van der Waals surface area contributed by atoms with Crippen LogP contribution in [0.2, 0.25) is 0 Å². The summed E-state index contributed by atoms with van der Waals surface area (Å²) in [5, 5.41) is 13.6. The number of aliphatic hydroxyl groups is 1. The van der Waals surface area contributed by atoms with Crippen molar-refractivity contribution in [1.29, 1.82) is 0 Å². The van der Waals surface area contributed by atoms with Crippen LogP contribution in [-0.4, -0.2) is 47.8 Å². The zero-order chi connectivity index (χ0) is 13.6. The third kappa shape index (κ3) is 4.52. The standard InChI is InChI=1S/C15H32N2O/c1-5-9-17(10-6-2)11-15(12-18,14-7-8-14)16-13(3)4/h13-14,16,18H,5-12H2,1-4H3. The summed E-state index contributed by atoms with van der Waals surface area (Å²) in [5.41, 5.74) is -0.0709. The molecule has 1 aliphatic rings. The second kappa shape index (κ2) is 7.46. The van der Waals surface area contributed by atoms with Crippen molar-refractivity contribution in [2.45, 2.75) is 65.0 Å². The van der Waals surface area contributed by atoms with Gasteiger partial charge in [-0.05, 0) is 44.7 Å². The number of nitrogens with zero attached hydrogens (tertiary/aromatic N) is 1. The molecule has 1 saturated carbocycles. The van der Waals surface area contributed by atoms with Gasteiger partial charge in [-0.15, -0.1) is 0 Å². The molecule has 108 valence electrons. The molecule has 1 fully saturated rings. The lowest BCUT2D eigenvalue weighted by Gasteiger charge is -2.40. The predicted octanol–water partition coefficient (Wildman–Crippen LogP) is 2.25. The van der Waals surface area contributed by atoms with Crippen LogP contribution in [0.5, 0.6) is 0 Å². The van der Waals surface area contributed by atoms with Crippen LogP contribution in [0.3, 0.4) is 0 Å². The molecule has 0 aliphatic heterocycles. The highest BCUT2D eigenvalue weighted by Gasteiger charge is 2.45. The van der Waals surface area contributed by atoms with E-state index in [1.54, 1.807) is 0 Å². The van der Waals surface area contributed by atoms with Gasteiger partial charge >= 0.3 is 0 Å². The van der Waals surface area contributed by atoms with E-state index < -0.39 is 0 Å². The summed E-state index contributed by atoms with van der Waals surface area (Å²) in [4.78, 5) is 2.52. The number of nitrogens with one attached hydrogen (secondary N) is 1. The topological polar surface area (TPSA) is 35.5 Å². The van der Waals surface area contributed by atoms with Crippen molar-refractivity contribution in [2.75, 3.05) is 26.2 Å². The molecule has 0 spiro atoms. The highest BCUT2D eigenvalue weighted by Crippen LogP contribution is 2.40. The largest absolute Gasteiger partial charge is 0.394 e. The van der Waals surface area contributed by atoms with E-state index in [1.807, 2.05) is 0 Å². The summed E-state index contributed by atoms with van der Waals surface area (Å²) in [6, 6.07) is 0.433. The molecular formula is C15H32N2O. The van der Waals surface area contributed by atoms with E-state index >= 15 is 0 Å². The average molecular weight is 256 g/mol. The fraction of sp³-hybridized carbons (Fsp3) is 1.00. The van der Waals surface area contributed by atoms with E-state index in [0.29, 0.717) is 12.0 Å². The normalized spacial score (nSPS) is 19.5. The molecule has 0 radical (unpaired) electrons. The molecule has 0 amide bonds. The van der Waals surface area contributed by atoms with Gasteiger partial charge in [0, 0.05) is 12.6 Å². The fourth-order valence-electron chi connectivity index (χ4n) is 3.03. The Morgan fingerprint density at radius 2 is 1.78 bits per heavy atom. The van der Waals surface area contributed by atoms with E-state index in [0.717, 1.165) is 19.6 Å². The summed E-state index contributed by atoms with van der Waals surface area (Å²) >= 11 is 0. The summed E-state index contributed by atoms with van der Waals surface area (Å²) < 4.78 is 0. The maximum absolute atomic E-state index is 9.93. The van der Waals surface area contributed by atoms with Crippen LogP contribution in [0.25, 0.3) is 0 Å². The van der Waals surface area contributed by atoms with Crippen molar-refractivity contribution in [2.24, 2.45) is 5.92 Å². The van der Waals surface area contributed by atoms with Gasteiger partial charge in [0.05, 0.1) is 12.1 Å². The Balaban J connectivity index is 2.68. The van der Waals surface area contributed by atoms with Gasteiger partial charge in [0.15, 0.2) is 0 Å². The Morgan fingerprint density at radius 1 is 1.22 bits per heavy atom. The van der Waals surface area contributed by atoms with Crippen molar-refractivity contribution in [3.8, 4) is 0 Å². The minimum atomic E-state index is -0.0709. The van der Waals surface area contributed by atoms with Gasteiger partial charge in [-0.3, -0.25) is 0 Å². The monoisotopic (exact) mass is 256 g/mol. The van der Waals surface area contributed by atoms with E-state index in [9.17, 15) is 5.11 Å². The summed E-state index contributed by atoms with van der Waals surface area (Å²) in [5.74, 6) is 0.668. The van der Waals surface area contributed by atoms with Crippen LogP contribution in [0, 0.1) is 5.92 Å². The Labute approximate surface area is 113 Å². The lowest BCUT2D eigenvalue weighted by Crippen LogP contribution is -2.60. The molecule has 1 unspecified atom stereocenters. The van der Waals surface area contributed by atoms with E-state index in [1.165, 1.54) is 25.7 Å². The lowest BCUT2D eigenvalue weighted by molar-refractivity contribution is 0.0833. The molecule has 0 bridgehead atoms. The zero-order valence-electron chi connectivity index (χ0n) is 12.7. The Hall–Kier alpha value is -0.120. The van der Waals surface area contributed by atoms with Gasteiger partial charge in [-0.1, -0.05) is 27.7 Å². The van der Waals surface area contributed by atoms with Crippen LogP contribution in [0.1, 0.15) is 53.4 Å². The molecule has 1 atom stereocenters. The first-order valence-electron chi connectivity index (χ1n) is 7.68. The first-order chi connectivity index (χ1) is 8.57. The summed E-state index contributed by atoms with van der Waals surface area (Å²) in [6.45, 7) is 12.4. The fourth-order valence-corrected chi connectivity index (χ4v) is 3.03. The second-order valence-electron chi connectivity index (χ2n) is 6.16. The highest BCUT2D eigenvalue weighted by molar-refractivity contribution is 5.03. The van der Waals surface area contributed by atoms with Crippen molar-refractivity contribution in [3.63, 3.8) is 0 Å². The molecule has 1 rings (SSSR count). The molecule has 1 aliphatic carbocycles. The average Bonchev–Trinajstić information content (AvgIpc) is 3.12. The molecule has 2 N–H and O–H groups in total. The third-order valence-electron chi connectivity index (χ3n) is 3.80. The van der Waals surface area contributed by atoms with E-state index in [2.05, 4.69) is 37.9 Å². The highest BCUT2D eigenvalue weighted by atomic mass is 16.3. The van der Waals surface area contributed by atoms with Crippen molar-refractivity contribution in [3.05, 3.63) is 0 Å². The number of aliphatic hydroxyl groups excluding tert-OH is 1. The maximum Gasteiger partial charge on any atom is 0.0628 e. The third-order valence-corrected chi connectivity index (χ3v) is 3.80. The summed E-state index contributed by atoms with van der Waals surface area (Å²) in [7, 11) is 0. The van der Waals surface area contributed by atoms with Crippen molar-refractivity contribution < 1.29 is 5.11 Å². The molecule has 3 nitrogen and oxygen atoms in total. The molecule has 3 heteroatoms. The molecule has 0 aromatic rings. The van der Waals surface area contributed by atoms with Crippen LogP contribution < -0.4 is 5.32 Å². The van der Waals surface area contributed by atoms with Gasteiger partial charge < -0.3 is 15.3 Å². The van der Waals surface area contributed by atoms with Gasteiger partial charge in [-0.25, -0.2) is 0 Å². The minimum absolute atomic E-state index is 0.0709. The number of hydrogen-bond acceptors (Lipinski definition) is 3. The quantitative estimate of drug-likeness (QED) is 0.629. The smallest absolute Gasteiger partial charge is 0.0628 e. The van der Waals surface area contributed by atoms with E-state index in [4.69, 9.17) is 0 Å².